The SMILES string of the molecule is C#CCOC1(c2ccccc2)O[C@@H]2O[C@H](CO[C@H]3O[C@H](CO[Si](c4ccccc4)(c4ccccc4)C(C)(C)C)[C@@H](OC(=O)c4ccccc4)[C@@H]3OC(=O)c3ccccc3)[C@@H](OC(=O)c3ccccc3)[C@@H]2O1. The molecule has 0 aliphatic carbocycles. The Morgan fingerprint density at radius 2 is 1.00 bits per heavy atom. The Morgan fingerprint density at radius 1 is 0.563 bits per heavy atom. The first-order valence-electron chi connectivity index (χ1n) is 23.4. The Labute approximate surface area is 413 Å². The molecular formula is C57H54O13Si. The summed E-state index contributed by atoms with van der Waals surface area (Å²) in [4.78, 5) is 42.0. The zero-order valence-corrected chi connectivity index (χ0v) is 40.4. The van der Waals surface area contributed by atoms with E-state index in [0.717, 1.165) is 10.4 Å². The van der Waals surface area contributed by atoms with Crippen LogP contribution in [0.15, 0.2) is 182 Å². The van der Waals surface area contributed by atoms with Crippen LogP contribution in [0.4, 0.5) is 0 Å². The summed E-state index contributed by atoms with van der Waals surface area (Å²) in [5, 5.41) is 1.59. The van der Waals surface area contributed by atoms with E-state index in [1.807, 2.05) is 42.5 Å². The van der Waals surface area contributed by atoms with Crippen LogP contribution in [0.5, 0.6) is 0 Å². The number of ether oxygens (including phenoxy) is 9. The molecule has 3 heterocycles. The Hall–Kier alpha value is -6.77. The standard InChI is InChI=1S/C57H54O13Si/c1-5-36-62-57(42-30-18-9-19-31-42)69-50-48(67-52(59)40-26-14-7-15-27-40)45(65-55(50)70-57)37-61-54-49(68-53(60)41-28-16-8-17-29-41)47(66-51(58)39-24-12-6-13-25-39)46(64-54)38-63-71(56(2,3)4,43-32-20-10-21-33-43)44-34-22-11-23-35-44/h1,6-35,45-50,54-55H,36-38H2,2-4H3/t45-,46-,47-,48-,49+,50+,54+,55+,57?/m1/s1. The van der Waals surface area contributed by atoms with Crippen molar-refractivity contribution in [2.24, 2.45) is 0 Å². The summed E-state index contributed by atoms with van der Waals surface area (Å²) < 4.78 is 65.1. The third kappa shape index (κ3) is 10.5. The number of carbonyl (C=O) groups is 3. The lowest BCUT2D eigenvalue weighted by molar-refractivity contribution is -0.373. The molecule has 3 aliphatic rings. The molecule has 0 aromatic heterocycles. The summed E-state index contributed by atoms with van der Waals surface area (Å²) in [6.07, 6.45) is -3.82. The first-order chi connectivity index (χ1) is 34.5. The molecule has 0 N–H and O–H groups in total. The number of esters is 3. The molecule has 6 aromatic carbocycles. The second-order valence-electron chi connectivity index (χ2n) is 18.2. The van der Waals surface area contributed by atoms with Gasteiger partial charge in [-0.15, -0.1) is 6.42 Å². The van der Waals surface area contributed by atoms with Crippen molar-refractivity contribution >= 4 is 36.6 Å². The largest absolute Gasteiger partial charge is 0.453 e. The second kappa shape index (κ2) is 21.7. The summed E-state index contributed by atoms with van der Waals surface area (Å²) in [7, 11) is -3.22. The second-order valence-corrected chi connectivity index (χ2v) is 22.5. The maximum absolute atomic E-state index is 14.1. The van der Waals surface area contributed by atoms with E-state index in [1.54, 1.807) is 115 Å². The maximum atomic E-state index is 14.1. The van der Waals surface area contributed by atoms with Crippen molar-refractivity contribution < 1.29 is 61.4 Å². The molecular weight excluding hydrogens is 921 g/mol. The number of rotatable bonds is 17. The summed E-state index contributed by atoms with van der Waals surface area (Å²) in [5.41, 5.74) is 1.29. The fourth-order valence-electron chi connectivity index (χ4n) is 9.30. The van der Waals surface area contributed by atoms with Gasteiger partial charge >= 0.3 is 23.9 Å². The third-order valence-electron chi connectivity index (χ3n) is 12.6. The fourth-order valence-corrected chi connectivity index (χ4v) is 13.9. The van der Waals surface area contributed by atoms with Crippen LogP contribution in [0, 0.1) is 12.3 Å². The summed E-state index contributed by atoms with van der Waals surface area (Å²) >= 11 is 0. The maximum Gasteiger partial charge on any atom is 0.338 e. The molecule has 6 aromatic rings. The van der Waals surface area contributed by atoms with Crippen molar-refractivity contribution in [3.63, 3.8) is 0 Å². The van der Waals surface area contributed by atoms with E-state index in [2.05, 4.69) is 51.0 Å². The van der Waals surface area contributed by atoms with Gasteiger partial charge in [-0.25, -0.2) is 14.4 Å². The molecule has 13 nitrogen and oxygen atoms in total. The van der Waals surface area contributed by atoms with Crippen molar-refractivity contribution in [1.82, 2.24) is 0 Å². The highest BCUT2D eigenvalue weighted by atomic mass is 28.4. The first-order valence-corrected chi connectivity index (χ1v) is 25.3. The minimum absolute atomic E-state index is 0.110. The van der Waals surface area contributed by atoms with E-state index >= 15 is 0 Å². The van der Waals surface area contributed by atoms with E-state index in [-0.39, 0.29) is 36.5 Å². The number of terminal acetylenes is 1. The minimum atomic E-state index is -3.22. The van der Waals surface area contributed by atoms with Crippen LogP contribution in [0.25, 0.3) is 0 Å². The molecule has 1 unspecified atom stereocenters. The van der Waals surface area contributed by atoms with Gasteiger partial charge in [-0.2, -0.15) is 0 Å². The van der Waals surface area contributed by atoms with Gasteiger partial charge in [0.2, 0.25) is 0 Å². The third-order valence-corrected chi connectivity index (χ3v) is 17.6. The van der Waals surface area contributed by atoms with Crippen molar-refractivity contribution in [3.8, 4) is 12.3 Å². The van der Waals surface area contributed by atoms with Gasteiger partial charge in [-0.3, -0.25) is 4.74 Å². The molecule has 3 fully saturated rings. The van der Waals surface area contributed by atoms with Gasteiger partial charge in [0, 0.05) is 5.56 Å². The van der Waals surface area contributed by atoms with Crippen LogP contribution in [0.1, 0.15) is 57.4 Å². The normalized spacial score (nSPS) is 24.9. The molecule has 3 aliphatic heterocycles. The smallest absolute Gasteiger partial charge is 0.338 e. The van der Waals surface area contributed by atoms with E-state index < -0.39 is 86.4 Å². The highest BCUT2D eigenvalue weighted by Gasteiger charge is 2.62. The van der Waals surface area contributed by atoms with E-state index in [9.17, 15) is 14.4 Å². The van der Waals surface area contributed by atoms with Crippen LogP contribution in [0.2, 0.25) is 5.04 Å². The van der Waals surface area contributed by atoms with Gasteiger partial charge in [0.25, 0.3) is 8.32 Å². The highest BCUT2D eigenvalue weighted by molar-refractivity contribution is 6.99. The molecule has 71 heavy (non-hydrogen) atoms. The van der Waals surface area contributed by atoms with Gasteiger partial charge in [0.15, 0.2) is 37.0 Å². The molecule has 0 amide bonds. The number of fused-ring (bicyclic) bond motifs is 1. The van der Waals surface area contributed by atoms with Gasteiger partial charge in [0.1, 0.15) is 18.8 Å². The molecule has 14 heteroatoms. The first kappa shape index (κ1) is 49.2. The average molecular weight is 975 g/mol. The average Bonchev–Trinajstić information content (AvgIpc) is 4.04. The topological polar surface area (TPSA) is 144 Å². The van der Waals surface area contributed by atoms with Gasteiger partial charge < -0.3 is 42.3 Å². The molecule has 0 saturated carbocycles. The molecule has 3 saturated heterocycles. The van der Waals surface area contributed by atoms with Crippen molar-refractivity contribution in [1.29, 1.82) is 0 Å². The van der Waals surface area contributed by atoms with E-state index in [0.29, 0.717) is 5.56 Å². The molecule has 9 atom stereocenters. The quantitative estimate of drug-likeness (QED) is 0.0384. The molecule has 364 valence electrons. The number of carbonyl (C=O) groups excluding carboxylic acids is 3. The molecule has 0 spiro atoms. The Balaban J connectivity index is 1.06. The summed E-state index contributed by atoms with van der Waals surface area (Å²) in [6.45, 7) is 5.84. The van der Waals surface area contributed by atoms with E-state index in [4.69, 9.17) is 53.5 Å². The van der Waals surface area contributed by atoms with Crippen LogP contribution >= 0.6 is 0 Å². The van der Waals surface area contributed by atoms with E-state index in [1.165, 1.54) is 0 Å². The number of benzene rings is 6. The lowest BCUT2D eigenvalue weighted by Crippen LogP contribution is -2.67. The summed E-state index contributed by atoms with van der Waals surface area (Å²) in [5.74, 6) is -1.39. The lowest BCUT2D eigenvalue weighted by Gasteiger charge is -2.43. The molecule has 0 bridgehead atoms. The number of hydrogen-bond donors (Lipinski definition) is 0. The predicted octanol–water partition coefficient (Wildman–Crippen LogP) is 7.58. The van der Waals surface area contributed by atoms with Crippen LogP contribution < -0.4 is 10.4 Å². The summed E-state index contributed by atoms with van der Waals surface area (Å²) in [6, 6.07) is 54.5. The van der Waals surface area contributed by atoms with Crippen molar-refractivity contribution in [2.75, 3.05) is 19.8 Å². The van der Waals surface area contributed by atoms with Gasteiger partial charge in [-0.05, 0) is 51.8 Å². The zero-order chi connectivity index (χ0) is 49.4. The fraction of sp³-hybridized carbons (Fsp3) is 0.281. The monoisotopic (exact) mass is 974 g/mol. The Morgan fingerprint density at radius 3 is 1.48 bits per heavy atom. The van der Waals surface area contributed by atoms with Crippen LogP contribution in [-0.2, 0) is 53.0 Å². The van der Waals surface area contributed by atoms with Gasteiger partial charge in [0.05, 0.1) is 29.9 Å². The molecule has 9 rings (SSSR count). The minimum Gasteiger partial charge on any atom is -0.453 e. The van der Waals surface area contributed by atoms with Crippen molar-refractivity contribution in [3.05, 3.63) is 204 Å². The van der Waals surface area contributed by atoms with Crippen LogP contribution in [0.3, 0.4) is 0 Å². The highest BCUT2D eigenvalue weighted by Crippen LogP contribution is 2.46. The zero-order valence-electron chi connectivity index (χ0n) is 39.4. The van der Waals surface area contributed by atoms with Gasteiger partial charge in [-0.1, -0.05) is 172 Å². The number of hydrogen-bond acceptors (Lipinski definition) is 13. The Kier molecular flexibility index (Phi) is 15.0. The van der Waals surface area contributed by atoms with Crippen LogP contribution in [-0.4, -0.2) is 95.2 Å². The molecule has 0 radical (unpaired) electrons. The Bertz CT molecular complexity index is 2720. The predicted molar refractivity (Wildman–Crippen MR) is 263 cm³/mol. The lowest BCUT2D eigenvalue weighted by atomic mass is 10.1. The van der Waals surface area contributed by atoms with Crippen molar-refractivity contribution in [2.45, 2.75) is 81.0 Å².